The molecule has 1 fully saturated rings. The number of carbonyl (C=O) groups is 1. The minimum absolute atomic E-state index is 0.151. The first-order valence-corrected chi connectivity index (χ1v) is 7.18. The van der Waals surface area contributed by atoms with Crippen LogP contribution in [0, 0.1) is 11.8 Å². The number of amides is 1. The van der Waals surface area contributed by atoms with E-state index in [1.807, 2.05) is 0 Å². The molecular weight excluding hydrogens is 228 g/mol. The molecule has 2 atom stereocenters. The predicted molar refractivity (Wildman–Crippen MR) is 73.5 cm³/mol. The second-order valence-electron chi connectivity index (χ2n) is 5.70. The highest BCUT2D eigenvalue weighted by atomic mass is 16.5. The van der Waals surface area contributed by atoms with Crippen LogP contribution < -0.4 is 10.6 Å². The standard InChI is InChI=1S/C14H28N2O2/c1-11(2)10-18-8-4-7-15-14(17)13-6-5-12(3)16-9-13/h11-13,16H,4-10H2,1-3H3,(H,15,17). The van der Waals surface area contributed by atoms with Crippen LogP contribution >= 0.6 is 0 Å². The van der Waals surface area contributed by atoms with E-state index in [9.17, 15) is 4.79 Å². The van der Waals surface area contributed by atoms with Crippen LogP contribution in [0.2, 0.25) is 0 Å². The average molecular weight is 256 g/mol. The Morgan fingerprint density at radius 2 is 2.22 bits per heavy atom. The number of piperidine rings is 1. The Kier molecular flexibility index (Phi) is 7.28. The molecular formula is C14H28N2O2. The molecule has 18 heavy (non-hydrogen) atoms. The molecule has 4 heteroatoms. The molecule has 0 saturated carbocycles. The predicted octanol–water partition coefficient (Wildman–Crippen LogP) is 1.55. The molecule has 0 aromatic heterocycles. The first kappa shape index (κ1) is 15.4. The number of hydrogen-bond donors (Lipinski definition) is 2. The zero-order valence-corrected chi connectivity index (χ0v) is 12.0. The third-order valence-corrected chi connectivity index (χ3v) is 3.25. The molecule has 1 rings (SSSR count). The van der Waals surface area contributed by atoms with E-state index in [0.717, 1.165) is 45.6 Å². The maximum atomic E-state index is 11.9. The lowest BCUT2D eigenvalue weighted by atomic mass is 9.95. The minimum atomic E-state index is 0.151. The van der Waals surface area contributed by atoms with Gasteiger partial charge in [-0.3, -0.25) is 4.79 Å². The molecule has 1 aliphatic heterocycles. The van der Waals surface area contributed by atoms with Gasteiger partial charge in [0.15, 0.2) is 0 Å². The summed E-state index contributed by atoms with van der Waals surface area (Å²) in [6, 6.07) is 0.554. The molecule has 4 nitrogen and oxygen atoms in total. The average Bonchev–Trinajstić information content (AvgIpc) is 2.34. The summed E-state index contributed by atoms with van der Waals surface area (Å²) in [5.74, 6) is 0.922. The van der Waals surface area contributed by atoms with Crippen molar-refractivity contribution < 1.29 is 9.53 Å². The first-order chi connectivity index (χ1) is 8.59. The van der Waals surface area contributed by atoms with Crippen LogP contribution in [-0.4, -0.2) is 38.3 Å². The van der Waals surface area contributed by atoms with Gasteiger partial charge in [0.05, 0.1) is 5.92 Å². The highest BCUT2D eigenvalue weighted by Gasteiger charge is 2.23. The summed E-state index contributed by atoms with van der Waals surface area (Å²) in [7, 11) is 0. The van der Waals surface area contributed by atoms with Crippen LogP contribution in [0.5, 0.6) is 0 Å². The van der Waals surface area contributed by atoms with Gasteiger partial charge in [-0.05, 0) is 32.1 Å². The zero-order valence-electron chi connectivity index (χ0n) is 12.0. The molecule has 0 spiro atoms. The lowest BCUT2D eigenvalue weighted by Gasteiger charge is -2.26. The Balaban J connectivity index is 2.00. The molecule has 1 amide bonds. The molecule has 0 aliphatic carbocycles. The quantitative estimate of drug-likeness (QED) is 0.680. The highest BCUT2D eigenvalue weighted by molar-refractivity contribution is 5.78. The molecule has 0 bridgehead atoms. The van der Waals surface area contributed by atoms with Crippen molar-refractivity contribution in [1.29, 1.82) is 0 Å². The molecule has 106 valence electrons. The summed E-state index contributed by atoms with van der Waals surface area (Å²) in [4.78, 5) is 11.9. The first-order valence-electron chi connectivity index (χ1n) is 7.18. The van der Waals surface area contributed by atoms with Crippen molar-refractivity contribution in [2.45, 2.75) is 46.1 Å². The van der Waals surface area contributed by atoms with Gasteiger partial charge in [0.2, 0.25) is 5.91 Å². The number of nitrogens with one attached hydrogen (secondary N) is 2. The largest absolute Gasteiger partial charge is 0.381 e. The van der Waals surface area contributed by atoms with E-state index in [1.54, 1.807) is 0 Å². The van der Waals surface area contributed by atoms with Gasteiger partial charge in [0.25, 0.3) is 0 Å². The Bertz CT molecular complexity index is 236. The van der Waals surface area contributed by atoms with E-state index in [4.69, 9.17) is 4.74 Å². The van der Waals surface area contributed by atoms with Gasteiger partial charge in [0.1, 0.15) is 0 Å². The maximum Gasteiger partial charge on any atom is 0.224 e. The van der Waals surface area contributed by atoms with Crippen LogP contribution in [0.25, 0.3) is 0 Å². The van der Waals surface area contributed by atoms with Crippen molar-refractivity contribution in [2.24, 2.45) is 11.8 Å². The highest BCUT2D eigenvalue weighted by Crippen LogP contribution is 2.13. The molecule has 0 aromatic carbocycles. The van der Waals surface area contributed by atoms with Crippen molar-refractivity contribution in [3.63, 3.8) is 0 Å². The fourth-order valence-electron chi connectivity index (χ4n) is 2.07. The van der Waals surface area contributed by atoms with E-state index < -0.39 is 0 Å². The van der Waals surface area contributed by atoms with Crippen LogP contribution in [-0.2, 0) is 9.53 Å². The zero-order chi connectivity index (χ0) is 13.4. The number of carbonyl (C=O) groups excluding carboxylic acids is 1. The molecule has 0 aromatic rings. The number of ether oxygens (including phenoxy) is 1. The van der Waals surface area contributed by atoms with Gasteiger partial charge >= 0.3 is 0 Å². The van der Waals surface area contributed by atoms with Crippen LogP contribution in [0.3, 0.4) is 0 Å². The molecule has 1 heterocycles. The maximum absolute atomic E-state index is 11.9. The summed E-state index contributed by atoms with van der Waals surface area (Å²) >= 11 is 0. The number of rotatable bonds is 7. The Morgan fingerprint density at radius 1 is 1.44 bits per heavy atom. The van der Waals surface area contributed by atoms with Crippen LogP contribution in [0.1, 0.15) is 40.0 Å². The van der Waals surface area contributed by atoms with E-state index in [2.05, 4.69) is 31.4 Å². The molecule has 1 saturated heterocycles. The summed E-state index contributed by atoms with van der Waals surface area (Å²) in [6.07, 6.45) is 2.99. The SMILES string of the molecule is CC(C)COCCCNC(=O)C1CCC(C)NC1. The molecule has 2 unspecified atom stereocenters. The van der Waals surface area contributed by atoms with Gasteiger partial charge in [-0.25, -0.2) is 0 Å². The van der Waals surface area contributed by atoms with E-state index >= 15 is 0 Å². The Labute approximate surface area is 111 Å². The summed E-state index contributed by atoms with van der Waals surface area (Å²) in [5.41, 5.74) is 0. The van der Waals surface area contributed by atoms with E-state index in [1.165, 1.54) is 0 Å². The van der Waals surface area contributed by atoms with Crippen molar-refractivity contribution in [2.75, 3.05) is 26.3 Å². The van der Waals surface area contributed by atoms with E-state index in [0.29, 0.717) is 12.0 Å². The summed E-state index contributed by atoms with van der Waals surface area (Å²) in [6.45, 7) is 9.52. The topological polar surface area (TPSA) is 50.4 Å². The fraction of sp³-hybridized carbons (Fsp3) is 0.929. The van der Waals surface area contributed by atoms with Crippen LogP contribution in [0.15, 0.2) is 0 Å². The fourth-order valence-corrected chi connectivity index (χ4v) is 2.07. The Morgan fingerprint density at radius 3 is 2.83 bits per heavy atom. The Hall–Kier alpha value is -0.610. The number of hydrogen-bond acceptors (Lipinski definition) is 3. The summed E-state index contributed by atoms with van der Waals surface area (Å²) < 4.78 is 5.47. The van der Waals surface area contributed by atoms with Gasteiger partial charge in [0, 0.05) is 32.3 Å². The van der Waals surface area contributed by atoms with Gasteiger partial charge in [-0.15, -0.1) is 0 Å². The van der Waals surface area contributed by atoms with Crippen molar-refractivity contribution in [3.05, 3.63) is 0 Å². The van der Waals surface area contributed by atoms with Gasteiger partial charge in [-0.2, -0.15) is 0 Å². The third kappa shape index (κ3) is 6.36. The molecule has 0 radical (unpaired) electrons. The van der Waals surface area contributed by atoms with Crippen LogP contribution in [0.4, 0.5) is 0 Å². The van der Waals surface area contributed by atoms with Crippen molar-refractivity contribution >= 4 is 5.91 Å². The second kappa shape index (κ2) is 8.48. The van der Waals surface area contributed by atoms with Gasteiger partial charge < -0.3 is 15.4 Å². The lowest BCUT2D eigenvalue weighted by molar-refractivity contribution is -0.125. The third-order valence-electron chi connectivity index (χ3n) is 3.25. The summed E-state index contributed by atoms with van der Waals surface area (Å²) in [5, 5.41) is 6.35. The minimum Gasteiger partial charge on any atom is -0.381 e. The van der Waals surface area contributed by atoms with E-state index in [-0.39, 0.29) is 11.8 Å². The smallest absolute Gasteiger partial charge is 0.224 e. The normalized spacial score (nSPS) is 24.2. The lowest BCUT2D eigenvalue weighted by Crippen LogP contribution is -2.44. The molecule has 2 N–H and O–H groups in total. The van der Waals surface area contributed by atoms with Crippen molar-refractivity contribution in [1.82, 2.24) is 10.6 Å². The second-order valence-corrected chi connectivity index (χ2v) is 5.70. The molecule has 1 aliphatic rings. The monoisotopic (exact) mass is 256 g/mol. The van der Waals surface area contributed by atoms with Gasteiger partial charge in [-0.1, -0.05) is 13.8 Å². The van der Waals surface area contributed by atoms with Crippen molar-refractivity contribution in [3.8, 4) is 0 Å².